The van der Waals surface area contributed by atoms with E-state index in [0.717, 1.165) is 0 Å². The number of halogens is 1. The Morgan fingerprint density at radius 1 is 1.52 bits per heavy atom. The molecule has 0 aliphatic rings. The van der Waals surface area contributed by atoms with Crippen LogP contribution in [0.1, 0.15) is 11.3 Å². The Labute approximate surface area is 133 Å². The average Bonchev–Trinajstić information content (AvgIpc) is 2.47. The minimum Gasteiger partial charge on any atom is -0.318 e. The molecular weight excluding hydrogens is 389 g/mol. The Morgan fingerprint density at radius 3 is 2.86 bits per heavy atom. The highest BCUT2D eigenvalue weighted by Gasteiger charge is 2.14. The Balaban J connectivity index is 2.41. The van der Waals surface area contributed by atoms with Gasteiger partial charge < -0.3 is 5.43 Å². The van der Waals surface area contributed by atoms with Gasteiger partial charge in [-0.3, -0.25) is 25.3 Å². The SMILES string of the molecule is Cc1ncn(Cc2ccc(NN)c([N+](=O)[O-])c2)c(=O)c1I. The van der Waals surface area contributed by atoms with Crippen molar-refractivity contribution in [1.82, 2.24) is 9.55 Å². The minimum atomic E-state index is -0.529. The number of anilines is 1. The molecule has 0 atom stereocenters. The van der Waals surface area contributed by atoms with Crippen LogP contribution in [0.3, 0.4) is 0 Å². The van der Waals surface area contributed by atoms with Crippen LogP contribution in [0.4, 0.5) is 11.4 Å². The molecule has 0 saturated carbocycles. The number of hydrazine groups is 1. The fourth-order valence-corrected chi connectivity index (χ4v) is 2.25. The highest BCUT2D eigenvalue weighted by Crippen LogP contribution is 2.24. The van der Waals surface area contributed by atoms with Crippen LogP contribution in [0.2, 0.25) is 0 Å². The number of nitro benzene ring substituents is 1. The average molecular weight is 401 g/mol. The lowest BCUT2D eigenvalue weighted by molar-refractivity contribution is -0.384. The summed E-state index contributed by atoms with van der Waals surface area (Å²) in [5.74, 6) is 5.23. The molecule has 2 aromatic rings. The summed E-state index contributed by atoms with van der Waals surface area (Å²) in [4.78, 5) is 26.7. The van der Waals surface area contributed by atoms with Crippen molar-refractivity contribution in [3.05, 3.63) is 59.8 Å². The lowest BCUT2D eigenvalue weighted by Gasteiger charge is -2.08. The lowest BCUT2D eigenvalue weighted by Crippen LogP contribution is -2.24. The summed E-state index contributed by atoms with van der Waals surface area (Å²) in [7, 11) is 0. The van der Waals surface area contributed by atoms with Crippen molar-refractivity contribution < 1.29 is 4.92 Å². The molecule has 0 aliphatic carbocycles. The molecule has 0 radical (unpaired) electrons. The molecule has 0 fully saturated rings. The molecule has 21 heavy (non-hydrogen) atoms. The first-order chi connectivity index (χ1) is 9.93. The molecule has 1 aromatic carbocycles. The van der Waals surface area contributed by atoms with Crippen molar-refractivity contribution in [2.24, 2.45) is 5.84 Å². The fourth-order valence-electron chi connectivity index (χ4n) is 1.80. The van der Waals surface area contributed by atoms with Gasteiger partial charge in [-0.25, -0.2) is 4.98 Å². The topological polar surface area (TPSA) is 116 Å². The third kappa shape index (κ3) is 3.19. The largest absolute Gasteiger partial charge is 0.318 e. The van der Waals surface area contributed by atoms with Crippen molar-refractivity contribution in [2.75, 3.05) is 5.43 Å². The Bertz CT molecular complexity index is 759. The third-order valence-corrected chi connectivity index (χ3v) is 4.17. The number of nitrogens with two attached hydrogens (primary N) is 1. The van der Waals surface area contributed by atoms with Crippen LogP contribution in [-0.2, 0) is 6.54 Å². The zero-order valence-corrected chi connectivity index (χ0v) is 13.2. The van der Waals surface area contributed by atoms with Gasteiger partial charge >= 0.3 is 0 Å². The Morgan fingerprint density at radius 2 is 2.24 bits per heavy atom. The van der Waals surface area contributed by atoms with E-state index >= 15 is 0 Å². The molecule has 1 heterocycles. The summed E-state index contributed by atoms with van der Waals surface area (Å²) in [5.41, 5.74) is 3.45. The van der Waals surface area contributed by atoms with Gasteiger partial charge in [-0.15, -0.1) is 0 Å². The zero-order chi connectivity index (χ0) is 15.6. The number of nitrogens with zero attached hydrogens (tertiary/aromatic N) is 3. The van der Waals surface area contributed by atoms with Crippen LogP contribution in [0.5, 0.6) is 0 Å². The number of nitro groups is 1. The molecule has 2 rings (SSSR count). The zero-order valence-electron chi connectivity index (χ0n) is 11.0. The molecule has 3 N–H and O–H groups in total. The maximum Gasteiger partial charge on any atom is 0.293 e. The standard InChI is InChI=1S/C12H12IN5O3/c1-7-11(13)12(19)17(6-15-7)5-8-2-3-9(16-14)10(4-8)18(20)21/h2-4,6,16H,5,14H2,1H3. The summed E-state index contributed by atoms with van der Waals surface area (Å²) >= 11 is 1.94. The lowest BCUT2D eigenvalue weighted by atomic mass is 10.1. The first-order valence-electron chi connectivity index (χ1n) is 5.89. The molecule has 0 bridgehead atoms. The Kier molecular flexibility index (Phi) is 4.53. The van der Waals surface area contributed by atoms with Gasteiger partial charge in [0.05, 0.1) is 27.1 Å². The van der Waals surface area contributed by atoms with E-state index in [-0.39, 0.29) is 23.5 Å². The van der Waals surface area contributed by atoms with E-state index in [0.29, 0.717) is 14.8 Å². The predicted octanol–water partition coefficient (Wildman–Crippen LogP) is 1.40. The number of benzene rings is 1. The van der Waals surface area contributed by atoms with Gasteiger partial charge in [0.25, 0.3) is 11.2 Å². The van der Waals surface area contributed by atoms with Gasteiger partial charge in [-0.2, -0.15) is 0 Å². The van der Waals surface area contributed by atoms with Gasteiger partial charge in [-0.1, -0.05) is 6.07 Å². The van der Waals surface area contributed by atoms with E-state index in [1.54, 1.807) is 13.0 Å². The molecule has 8 nitrogen and oxygen atoms in total. The smallest absolute Gasteiger partial charge is 0.293 e. The maximum atomic E-state index is 12.1. The summed E-state index contributed by atoms with van der Waals surface area (Å²) in [6.07, 6.45) is 1.43. The maximum absolute atomic E-state index is 12.1. The normalized spacial score (nSPS) is 10.4. The summed E-state index contributed by atoms with van der Waals surface area (Å²) in [6.45, 7) is 1.95. The van der Waals surface area contributed by atoms with Crippen molar-refractivity contribution in [3.63, 3.8) is 0 Å². The molecule has 1 aromatic heterocycles. The van der Waals surface area contributed by atoms with Gasteiger partial charge in [-0.05, 0) is 41.1 Å². The van der Waals surface area contributed by atoms with Gasteiger partial charge in [0.1, 0.15) is 5.69 Å². The van der Waals surface area contributed by atoms with Crippen molar-refractivity contribution in [1.29, 1.82) is 0 Å². The second-order valence-corrected chi connectivity index (χ2v) is 5.41. The van der Waals surface area contributed by atoms with Crippen LogP contribution in [0.15, 0.2) is 29.3 Å². The van der Waals surface area contributed by atoms with E-state index in [1.165, 1.54) is 23.0 Å². The number of aromatic nitrogens is 2. The molecule has 0 aliphatic heterocycles. The van der Waals surface area contributed by atoms with Crippen LogP contribution in [0, 0.1) is 20.6 Å². The number of nitrogen functional groups attached to an aromatic ring is 1. The highest BCUT2D eigenvalue weighted by atomic mass is 127. The molecule has 0 amide bonds. The molecule has 110 valence electrons. The fraction of sp³-hybridized carbons (Fsp3) is 0.167. The highest BCUT2D eigenvalue weighted by molar-refractivity contribution is 14.1. The van der Waals surface area contributed by atoms with Crippen LogP contribution in [-0.4, -0.2) is 14.5 Å². The summed E-state index contributed by atoms with van der Waals surface area (Å²) in [6, 6.07) is 4.56. The summed E-state index contributed by atoms with van der Waals surface area (Å²) in [5, 5.41) is 11.0. The predicted molar refractivity (Wildman–Crippen MR) is 86.0 cm³/mol. The van der Waals surface area contributed by atoms with E-state index in [9.17, 15) is 14.9 Å². The minimum absolute atomic E-state index is 0.141. The molecule has 0 unspecified atom stereocenters. The van der Waals surface area contributed by atoms with Crippen LogP contribution in [0.25, 0.3) is 0 Å². The number of hydrogen-bond acceptors (Lipinski definition) is 6. The number of nitrogens with one attached hydrogen (secondary N) is 1. The third-order valence-electron chi connectivity index (χ3n) is 2.92. The van der Waals surface area contributed by atoms with E-state index in [4.69, 9.17) is 5.84 Å². The van der Waals surface area contributed by atoms with Crippen molar-refractivity contribution in [2.45, 2.75) is 13.5 Å². The van der Waals surface area contributed by atoms with Gasteiger partial charge in [0, 0.05) is 6.07 Å². The van der Waals surface area contributed by atoms with E-state index < -0.39 is 4.92 Å². The monoisotopic (exact) mass is 401 g/mol. The van der Waals surface area contributed by atoms with Crippen LogP contribution >= 0.6 is 22.6 Å². The molecule has 0 spiro atoms. The van der Waals surface area contributed by atoms with Crippen LogP contribution < -0.4 is 16.8 Å². The summed E-state index contributed by atoms with van der Waals surface area (Å²) < 4.78 is 1.94. The second kappa shape index (κ2) is 6.18. The Hall–Kier alpha value is -2.01. The van der Waals surface area contributed by atoms with E-state index in [2.05, 4.69) is 10.4 Å². The molecule has 0 saturated heterocycles. The first kappa shape index (κ1) is 15.4. The van der Waals surface area contributed by atoms with Crippen molar-refractivity contribution in [3.8, 4) is 0 Å². The number of hydrogen-bond donors (Lipinski definition) is 2. The van der Waals surface area contributed by atoms with Gasteiger partial charge in [0.15, 0.2) is 0 Å². The number of rotatable bonds is 4. The van der Waals surface area contributed by atoms with Gasteiger partial charge in [0.2, 0.25) is 0 Å². The second-order valence-electron chi connectivity index (χ2n) is 4.33. The number of aryl methyl sites for hydroxylation is 1. The first-order valence-corrected chi connectivity index (χ1v) is 6.97. The molecule has 9 heteroatoms. The molecular formula is C12H12IN5O3. The van der Waals surface area contributed by atoms with E-state index in [1.807, 2.05) is 22.6 Å². The van der Waals surface area contributed by atoms with Crippen molar-refractivity contribution >= 4 is 34.0 Å². The quantitative estimate of drug-likeness (QED) is 0.346.